The molecular weight excluding hydrogens is 482 g/mol. The summed E-state index contributed by atoms with van der Waals surface area (Å²) in [6, 6.07) is 6.55. The van der Waals surface area contributed by atoms with Gasteiger partial charge in [-0.25, -0.2) is 19.9 Å². The minimum absolute atomic E-state index is 0.138. The topological polar surface area (TPSA) is 126 Å². The van der Waals surface area contributed by atoms with Crippen molar-refractivity contribution in [2.45, 2.75) is 48.3 Å². The van der Waals surface area contributed by atoms with Gasteiger partial charge in [0.2, 0.25) is 0 Å². The van der Waals surface area contributed by atoms with Gasteiger partial charge in [0, 0.05) is 54.2 Å². The number of hydrogen-bond acceptors (Lipinski definition) is 9. The predicted octanol–water partition coefficient (Wildman–Crippen LogP) is 3.34. The Morgan fingerprint density at radius 1 is 1.06 bits per heavy atom. The number of rotatable bonds is 5. The van der Waals surface area contributed by atoms with Gasteiger partial charge in [-0.3, -0.25) is 0 Å². The van der Waals surface area contributed by atoms with Crippen LogP contribution in [0.5, 0.6) is 0 Å². The van der Waals surface area contributed by atoms with Gasteiger partial charge in [0.25, 0.3) is 0 Å². The van der Waals surface area contributed by atoms with Gasteiger partial charge >= 0.3 is 0 Å². The average Bonchev–Trinajstić information content (AvgIpc) is 3.57. The third-order valence-electron chi connectivity index (χ3n) is 6.82. The molecule has 35 heavy (non-hydrogen) atoms. The molecule has 5 heterocycles. The lowest BCUT2D eigenvalue weighted by Gasteiger charge is -2.19. The predicted molar refractivity (Wildman–Crippen MR) is 142 cm³/mol. The van der Waals surface area contributed by atoms with Crippen LogP contribution in [-0.2, 0) is 6.42 Å². The first kappa shape index (κ1) is 22.8. The van der Waals surface area contributed by atoms with Crippen LogP contribution in [0, 0.1) is 0 Å². The number of fused-ring (bicyclic) bond motifs is 2. The number of H-pyrrole nitrogens is 1. The van der Waals surface area contributed by atoms with Crippen LogP contribution in [0.15, 0.2) is 34.6 Å². The molecular formula is C24H28ClN9S. The number of benzene rings is 1. The molecule has 0 radical (unpaired) electrons. The lowest BCUT2D eigenvalue weighted by atomic mass is 10.2. The molecule has 0 saturated carbocycles. The van der Waals surface area contributed by atoms with Gasteiger partial charge in [-0.1, -0.05) is 18.5 Å². The zero-order chi connectivity index (χ0) is 24.1. The van der Waals surface area contributed by atoms with Gasteiger partial charge in [-0.15, -0.1) is 0 Å². The highest BCUT2D eigenvalue weighted by molar-refractivity contribution is 7.99. The maximum atomic E-state index is 6.73. The summed E-state index contributed by atoms with van der Waals surface area (Å²) in [5.41, 5.74) is 14.9. The zero-order valence-corrected chi connectivity index (χ0v) is 21.1. The third kappa shape index (κ3) is 4.18. The number of nitrogens with zero attached hydrogens (tertiary/aromatic N) is 6. The summed E-state index contributed by atoms with van der Waals surface area (Å²) in [6.07, 6.45) is 4.34. The van der Waals surface area contributed by atoms with E-state index in [9.17, 15) is 0 Å². The first-order chi connectivity index (χ1) is 17.0. The summed E-state index contributed by atoms with van der Waals surface area (Å²) in [4.78, 5) is 27.7. The van der Waals surface area contributed by atoms with Gasteiger partial charge in [0.05, 0.1) is 15.9 Å². The Bertz CT molecular complexity index is 1410. The Morgan fingerprint density at radius 3 is 2.49 bits per heavy atom. The molecule has 0 unspecified atom stereocenters. The van der Waals surface area contributed by atoms with Crippen LogP contribution >= 0.6 is 23.4 Å². The number of hydrogen-bond donors (Lipinski definition) is 3. The highest BCUT2D eigenvalue weighted by Crippen LogP contribution is 2.38. The maximum absolute atomic E-state index is 6.73. The van der Waals surface area contributed by atoms with Crippen molar-refractivity contribution in [3.8, 4) is 0 Å². The zero-order valence-electron chi connectivity index (χ0n) is 19.5. The van der Waals surface area contributed by atoms with Crippen molar-refractivity contribution in [3.05, 3.63) is 35.2 Å². The van der Waals surface area contributed by atoms with Gasteiger partial charge in [-0.2, -0.15) is 0 Å². The molecule has 0 spiro atoms. The van der Waals surface area contributed by atoms with E-state index >= 15 is 0 Å². The van der Waals surface area contributed by atoms with Crippen LogP contribution < -0.4 is 21.3 Å². The Hall–Kier alpha value is -2.66. The molecule has 4 aromatic rings. The molecule has 2 fully saturated rings. The molecule has 2 atom stereocenters. The van der Waals surface area contributed by atoms with E-state index in [2.05, 4.69) is 49.9 Å². The van der Waals surface area contributed by atoms with Crippen molar-refractivity contribution >= 4 is 56.9 Å². The first-order valence-electron chi connectivity index (χ1n) is 12.0. The highest BCUT2D eigenvalue weighted by Gasteiger charge is 2.26. The molecule has 2 saturated heterocycles. The number of anilines is 2. The molecule has 3 aromatic heterocycles. The second kappa shape index (κ2) is 9.09. The van der Waals surface area contributed by atoms with Crippen molar-refractivity contribution in [1.82, 2.24) is 24.9 Å². The molecule has 2 aliphatic rings. The summed E-state index contributed by atoms with van der Waals surface area (Å²) < 4.78 is 0. The fourth-order valence-corrected chi connectivity index (χ4v) is 6.13. The molecule has 0 bridgehead atoms. The molecule has 11 heteroatoms. The van der Waals surface area contributed by atoms with Crippen molar-refractivity contribution in [3.63, 3.8) is 0 Å². The summed E-state index contributed by atoms with van der Waals surface area (Å²) in [7, 11) is 0. The Labute approximate surface area is 212 Å². The largest absolute Gasteiger partial charge is 0.354 e. The molecule has 1 aromatic carbocycles. The number of aryl methyl sites for hydroxylation is 1. The van der Waals surface area contributed by atoms with Gasteiger partial charge in [0.15, 0.2) is 5.16 Å². The van der Waals surface area contributed by atoms with Gasteiger partial charge < -0.3 is 26.3 Å². The van der Waals surface area contributed by atoms with Crippen molar-refractivity contribution < 1.29 is 0 Å². The van der Waals surface area contributed by atoms with Crippen LogP contribution in [0.3, 0.4) is 0 Å². The van der Waals surface area contributed by atoms with E-state index in [1.54, 1.807) is 6.33 Å². The Balaban J connectivity index is 1.37. The fraction of sp³-hybridized carbons (Fsp3) is 0.417. The third-order valence-corrected chi connectivity index (χ3v) is 8.09. The second-order valence-electron chi connectivity index (χ2n) is 9.29. The van der Waals surface area contributed by atoms with E-state index in [1.165, 1.54) is 11.8 Å². The van der Waals surface area contributed by atoms with E-state index in [1.807, 2.05) is 0 Å². The smallest absolute Gasteiger partial charge is 0.196 e. The van der Waals surface area contributed by atoms with Crippen molar-refractivity contribution in [1.29, 1.82) is 0 Å². The minimum atomic E-state index is 0.138. The molecule has 182 valence electrons. The van der Waals surface area contributed by atoms with Crippen LogP contribution in [0.1, 0.15) is 25.5 Å². The molecule has 2 aliphatic heterocycles. The van der Waals surface area contributed by atoms with Crippen LogP contribution in [0.2, 0.25) is 5.02 Å². The summed E-state index contributed by atoms with van der Waals surface area (Å²) in [5.74, 6) is 1.79. The lowest BCUT2D eigenvalue weighted by Crippen LogP contribution is -2.27. The Morgan fingerprint density at radius 2 is 1.80 bits per heavy atom. The highest BCUT2D eigenvalue weighted by atomic mass is 35.5. The lowest BCUT2D eigenvalue weighted by molar-refractivity contribution is 0.751. The molecule has 0 amide bonds. The van der Waals surface area contributed by atoms with Crippen molar-refractivity contribution in [2.75, 3.05) is 36.0 Å². The Kier molecular flexibility index (Phi) is 5.92. The molecule has 0 aliphatic carbocycles. The van der Waals surface area contributed by atoms with E-state index in [0.717, 1.165) is 89.6 Å². The van der Waals surface area contributed by atoms with Crippen LogP contribution in [0.4, 0.5) is 11.6 Å². The fourth-order valence-electron chi connectivity index (χ4n) is 4.99. The number of halogens is 1. The first-order valence-corrected chi connectivity index (χ1v) is 13.2. The van der Waals surface area contributed by atoms with E-state index < -0.39 is 0 Å². The van der Waals surface area contributed by atoms with Gasteiger partial charge in [-0.05, 0) is 49.2 Å². The number of nitrogens with one attached hydrogen (secondary N) is 1. The van der Waals surface area contributed by atoms with Crippen molar-refractivity contribution in [2.24, 2.45) is 11.5 Å². The SMILES string of the molecule is CCc1[nH]c2nc(Sc3ccc4c(N5CC[C@@H](N)C5)ncnc4c3)nc(N3CC[C@H](N)C3)c2c1Cl. The molecule has 6 rings (SSSR count). The van der Waals surface area contributed by atoms with E-state index in [4.69, 9.17) is 33.0 Å². The van der Waals surface area contributed by atoms with E-state index in [-0.39, 0.29) is 12.1 Å². The summed E-state index contributed by atoms with van der Waals surface area (Å²) in [5, 5.41) is 3.26. The normalized spacial score (nSPS) is 20.6. The van der Waals surface area contributed by atoms with Crippen LogP contribution in [0.25, 0.3) is 21.9 Å². The summed E-state index contributed by atoms with van der Waals surface area (Å²) >= 11 is 8.25. The molecule has 9 nitrogen and oxygen atoms in total. The average molecular weight is 510 g/mol. The summed E-state index contributed by atoms with van der Waals surface area (Å²) in [6.45, 7) is 5.42. The quantitative estimate of drug-likeness (QED) is 0.347. The second-order valence-corrected chi connectivity index (χ2v) is 10.7. The van der Waals surface area contributed by atoms with Crippen LogP contribution in [-0.4, -0.2) is 63.2 Å². The minimum Gasteiger partial charge on any atom is -0.354 e. The van der Waals surface area contributed by atoms with E-state index in [0.29, 0.717) is 10.2 Å². The number of aromatic nitrogens is 5. The number of nitrogens with two attached hydrogens (primary N) is 2. The monoisotopic (exact) mass is 509 g/mol. The standard InChI is InChI=1S/C24H28ClN9S/c1-2-17-20(25)19-21(30-17)31-24(32-23(19)34-8-6-14(27)11-34)35-15-3-4-16-18(9-15)28-12-29-22(16)33-7-5-13(26)10-33/h3-4,9,12-14H,2,5-8,10-11,26-27H2,1H3,(H,30,31,32)/t13-,14+/m1/s1. The molecule has 5 N–H and O–H groups in total. The van der Waals surface area contributed by atoms with Gasteiger partial charge in [0.1, 0.15) is 23.6 Å². The maximum Gasteiger partial charge on any atom is 0.196 e. The number of aromatic amines is 1.